The van der Waals surface area contributed by atoms with E-state index in [1.54, 1.807) is 11.1 Å². The van der Waals surface area contributed by atoms with E-state index in [9.17, 15) is 0 Å². The molecule has 0 fully saturated rings. The summed E-state index contributed by atoms with van der Waals surface area (Å²) in [5.41, 5.74) is 3.10. The second-order valence-corrected chi connectivity index (χ2v) is 5.89. The normalized spacial score (nSPS) is 20.0. The van der Waals surface area contributed by atoms with Crippen LogP contribution in [0.2, 0.25) is 0 Å². The van der Waals surface area contributed by atoms with Crippen LogP contribution in [0.1, 0.15) is 36.8 Å². The predicted octanol–water partition coefficient (Wildman–Crippen LogP) is 3.48. The van der Waals surface area contributed by atoms with Crippen molar-refractivity contribution in [2.24, 2.45) is 0 Å². The number of halogens is 1. The molecule has 1 N–H and O–H groups in total. The molecule has 2 atom stereocenters. The average Bonchev–Trinajstić information content (AvgIpc) is 2.29. The zero-order valence-electron chi connectivity index (χ0n) is 9.88. The largest absolute Gasteiger partial charge is 0.316 e. The van der Waals surface area contributed by atoms with Gasteiger partial charge in [-0.3, -0.25) is 0 Å². The van der Waals surface area contributed by atoms with Gasteiger partial charge in [-0.1, -0.05) is 47.1 Å². The first kappa shape index (κ1) is 12.1. The quantitative estimate of drug-likeness (QED) is 0.622. The van der Waals surface area contributed by atoms with Crippen LogP contribution in [0.4, 0.5) is 0 Å². The Morgan fingerprint density at radius 2 is 2.25 bits per heavy atom. The predicted molar refractivity (Wildman–Crippen MR) is 73.4 cm³/mol. The van der Waals surface area contributed by atoms with Crippen molar-refractivity contribution in [1.82, 2.24) is 5.32 Å². The Balaban J connectivity index is 1.66. The molecule has 0 spiro atoms. The summed E-state index contributed by atoms with van der Waals surface area (Å²) in [4.78, 5) is 0.675. The van der Waals surface area contributed by atoms with E-state index in [2.05, 4.69) is 52.4 Å². The van der Waals surface area contributed by atoms with Crippen LogP contribution >= 0.6 is 15.9 Å². The number of fused-ring (bicyclic) bond motifs is 1. The number of nitrogens with one attached hydrogen (secondary N) is 1. The second kappa shape index (κ2) is 5.83. The lowest BCUT2D eigenvalue weighted by atomic mass is 9.77. The van der Waals surface area contributed by atoms with Gasteiger partial charge >= 0.3 is 0 Å². The van der Waals surface area contributed by atoms with Crippen LogP contribution in [-0.4, -0.2) is 17.9 Å². The maximum Gasteiger partial charge on any atom is 0.0155 e. The molecule has 0 saturated heterocycles. The molecule has 0 saturated carbocycles. The van der Waals surface area contributed by atoms with Gasteiger partial charge in [0.1, 0.15) is 0 Å². The molecule has 0 radical (unpaired) electrons. The molecule has 0 heterocycles. The number of rotatable bonds is 6. The van der Waals surface area contributed by atoms with Crippen molar-refractivity contribution >= 4 is 15.9 Å². The van der Waals surface area contributed by atoms with Gasteiger partial charge in [0.2, 0.25) is 0 Å². The molecule has 1 aliphatic carbocycles. The van der Waals surface area contributed by atoms with E-state index >= 15 is 0 Å². The molecule has 1 aromatic rings. The Morgan fingerprint density at radius 1 is 1.44 bits per heavy atom. The summed E-state index contributed by atoms with van der Waals surface area (Å²) in [5.74, 6) is 0.756. The Bertz CT molecular complexity index is 337. The molecule has 0 bridgehead atoms. The van der Waals surface area contributed by atoms with Gasteiger partial charge in [-0.2, -0.15) is 0 Å². The lowest BCUT2D eigenvalue weighted by molar-refractivity contribution is 0.525. The minimum atomic E-state index is 0.675. The summed E-state index contributed by atoms with van der Waals surface area (Å²) in [6.07, 6.45) is 3.70. The summed E-state index contributed by atoms with van der Waals surface area (Å²) in [7, 11) is 0. The fourth-order valence-corrected chi connectivity index (χ4v) is 2.51. The lowest BCUT2D eigenvalue weighted by Crippen LogP contribution is -2.30. The molecule has 1 aliphatic rings. The van der Waals surface area contributed by atoms with E-state index < -0.39 is 0 Å². The molecular formula is C14H20BrN. The monoisotopic (exact) mass is 281 g/mol. The molecule has 16 heavy (non-hydrogen) atoms. The van der Waals surface area contributed by atoms with E-state index in [0.29, 0.717) is 4.83 Å². The van der Waals surface area contributed by atoms with Crippen LogP contribution in [0, 0.1) is 0 Å². The summed E-state index contributed by atoms with van der Waals surface area (Å²) < 4.78 is 0. The maximum absolute atomic E-state index is 3.66. The highest BCUT2D eigenvalue weighted by molar-refractivity contribution is 9.09. The van der Waals surface area contributed by atoms with Gasteiger partial charge in [0.05, 0.1) is 0 Å². The molecule has 2 rings (SSSR count). The zero-order chi connectivity index (χ0) is 11.4. The summed E-state index contributed by atoms with van der Waals surface area (Å²) in [6.45, 7) is 4.49. The van der Waals surface area contributed by atoms with Gasteiger partial charge in [-0.25, -0.2) is 0 Å². The Hall–Kier alpha value is -0.340. The van der Waals surface area contributed by atoms with Crippen LogP contribution < -0.4 is 5.32 Å². The van der Waals surface area contributed by atoms with Crippen LogP contribution in [0.5, 0.6) is 0 Å². The summed E-state index contributed by atoms with van der Waals surface area (Å²) in [5, 5.41) is 3.56. The first-order valence-electron chi connectivity index (χ1n) is 6.24. The van der Waals surface area contributed by atoms with Gasteiger partial charge in [0.25, 0.3) is 0 Å². The number of alkyl halides is 1. The van der Waals surface area contributed by atoms with E-state index in [0.717, 1.165) is 19.0 Å². The highest BCUT2D eigenvalue weighted by atomic mass is 79.9. The van der Waals surface area contributed by atoms with Crippen molar-refractivity contribution < 1.29 is 0 Å². The standard InChI is InChI=1S/C14H20BrN/c1-2-13(15)7-8-16-10-12-9-11-5-3-4-6-14(11)12/h3-6,12-13,16H,2,7-10H2,1H3. The molecule has 2 heteroatoms. The third-order valence-corrected chi connectivity index (χ3v) is 4.53. The summed E-state index contributed by atoms with van der Waals surface area (Å²) >= 11 is 3.66. The molecule has 1 aromatic carbocycles. The van der Waals surface area contributed by atoms with Gasteiger partial charge in [0.15, 0.2) is 0 Å². The lowest BCUT2D eigenvalue weighted by Gasteiger charge is -2.30. The van der Waals surface area contributed by atoms with Crippen molar-refractivity contribution in [3.8, 4) is 0 Å². The smallest absolute Gasteiger partial charge is 0.0155 e. The third kappa shape index (κ3) is 2.86. The van der Waals surface area contributed by atoms with Crippen LogP contribution in [0.3, 0.4) is 0 Å². The fourth-order valence-electron chi connectivity index (χ4n) is 2.28. The minimum Gasteiger partial charge on any atom is -0.316 e. The molecule has 0 aliphatic heterocycles. The van der Waals surface area contributed by atoms with Crippen LogP contribution in [-0.2, 0) is 6.42 Å². The van der Waals surface area contributed by atoms with Gasteiger partial charge in [0, 0.05) is 17.3 Å². The minimum absolute atomic E-state index is 0.675. The maximum atomic E-state index is 3.66. The molecule has 0 aromatic heterocycles. The van der Waals surface area contributed by atoms with Crippen molar-refractivity contribution in [3.63, 3.8) is 0 Å². The van der Waals surface area contributed by atoms with Crippen LogP contribution in [0.15, 0.2) is 24.3 Å². The Kier molecular flexibility index (Phi) is 4.42. The first-order valence-corrected chi connectivity index (χ1v) is 7.15. The van der Waals surface area contributed by atoms with Gasteiger partial charge < -0.3 is 5.32 Å². The first-order chi connectivity index (χ1) is 7.81. The molecule has 88 valence electrons. The van der Waals surface area contributed by atoms with Crippen LogP contribution in [0.25, 0.3) is 0 Å². The fraction of sp³-hybridized carbons (Fsp3) is 0.571. The topological polar surface area (TPSA) is 12.0 Å². The van der Waals surface area contributed by atoms with Gasteiger partial charge in [-0.05, 0) is 36.9 Å². The van der Waals surface area contributed by atoms with E-state index in [4.69, 9.17) is 0 Å². The molecule has 2 unspecified atom stereocenters. The highest BCUT2D eigenvalue weighted by Crippen LogP contribution is 2.33. The number of hydrogen-bond acceptors (Lipinski definition) is 1. The van der Waals surface area contributed by atoms with Crippen molar-refractivity contribution in [2.45, 2.75) is 36.9 Å². The van der Waals surface area contributed by atoms with Gasteiger partial charge in [-0.15, -0.1) is 0 Å². The number of hydrogen-bond donors (Lipinski definition) is 1. The van der Waals surface area contributed by atoms with Crippen molar-refractivity contribution in [2.75, 3.05) is 13.1 Å². The SMILES string of the molecule is CCC(Br)CCNCC1Cc2ccccc21. The average molecular weight is 282 g/mol. The number of benzene rings is 1. The Labute approximate surface area is 107 Å². The summed E-state index contributed by atoms with van der Waals surface area (Å²) in [6, 6.07) is 8.80. The highest BCUT2D eigenvalue weighted by Gasteiger charge is 2.24. The second-order valence-electron chi connectivity index (χ2n) is 4.60. The Morgan fingerprint density at radius 3 is 3.00 bits per heavy atom. The van der Waals surface area contributed by atoms with E-state index in [1.165, 1.54) is 19.3 Å². The van der Waals surface area contributed by atoms with E-state index in [-0.39, 0.29) is 0 Å². The third-order valence-electron chi connectivity index (χ3n) is 3.43. The molecule has 0 amide bonds. The van der Waals surface area contributed by atoms with Crippen molar-refractivity contribution in [1.29, 1.82) is 0 Å². The molecule has 1 nitrogen and oxygen atoms in total. The van der Waals surface area contributed by atoms with E-state index in [1.807, 2.05) is 0 Å². The van der Waals surface area contributed by atoms with Crippen molar-refractivity contribution in [3.05, 3.63) is 35.4 Å². The molecular weight excluding hydrogens is 262 g/mol. The zero-order valence-corrected chi connectivity index (χ0v) is 11.5.